The summed E-state index contributed by atoms with van der Waals surface area (Å²) < 4.78 is 31.7. The van der Waals surface area contributed by atoms with Crippen LogP contribution in [0.15, 0.2) is 54.6 Å². The Morgan fingerprint density at radius 2 is 1.52 bits per heavy atom. The molecule has 0 bridgehead atoms. The first-order valence-electron chi connectivity index (χ1n) is 10.8. The van der Waals surface area contributed by atoms with Gasteiger partial charge < -0.3 is 10.4 Å². The molecule has 0 spiro atoms. The van der Waals surface area contributed by atoms with Crippen LogP contribution in [0.2, 0.25) is 0 Å². The molecule has 178 valence electrons. The van der Waals surface area contributed by atoms with E-state index in [-0.39, 0.29) is 17.4 Å². The van der Waals surface area contributed by atoms with E-state index in [0.717, 1.165) is 19.6 Å². The summed E-state index contributed by atoms with van der Waals surface area (Å²) in [6, 6.07) is 19.5. The molecule has 8 heteroatoms. The Morgan fingerprint density at radius 3 is 2.06 bits per heavy atom. The molecule has 2 aliphatic rings. The summed E-state index contributed by atoms with van der Waals surface area (Å²) in [6.07, 6.45) is -5.08. The zero-order valence-electron chi connectivity index (χ0n) is 18.9. The van der Waals surface area contributed by atoms with Crippen LogP contribution in [0.3, 0.4) is 0 Å². The number of carboxylic acid groups (broad SMARTS) is 1. The standard InChI is InChI=1S/C23H28N2O.C2HF3O2/c1-23(2,3)22(26)24-21-18-12-8-7-11-17(18)19-14-25(15-20(19)21)13-16-9-5-4-6-10-16;3-2(4,5)1(6)7/h4-12,19-21H,13-15H2,1-3H3,(H,24,26);(H,6,7)/t19-,20-,21+;/m0./s1. The molecule has 1 aliphatic carbocycles. The zero-order valence-corrected chi connectivity index (χ0v) is 18.9. The third-order valence-corrected chi connectivity index (χ3v) is 6.06. The van der Waals surface area contributed by atoms with E-state index >= 15 is 0 Å². The first-order chi connectivity index (χ1) is 15.4. The van der Waals surface area contributed by atoms with E-state index in [1.807, 2.05) is 20.8 Å². The smallest absolute Gasteiger partial charge is 0.475 e. The molecule has 1 aliphatic heterocycles. The first-order valence-corrected chi connectivity index (χ1v) is 10.8. The van der Waals surface area contributed by atoms with E-state index < -0.39 is 12.1 Å². The number of nitrogens with zero attached hydrogens (tertiary/aromatic N) is 1. The van der Waals surface area contributed by atoms with E-state index in [1.165, 1.54) is 16.7 Å². The maximum Gasteiger partial charge on any atom is 0.490 e. The predicted octanol–water partition coefficient (Wildman–Crippen LogP) is 4.75. The van der Waals surface area contributed by atoms with E-state index in [4.69, 9.17) is 9.90 Å². The number of rotatable bonds is 3. The molecule has 2 aromatic rings. The van der Waals surface area contributed by atoms with E-state index in [9.17, 15) is 18.0 Å². The fraction of sp³-hybridized carbons (Fsp3) is 0.440. The number of fused-ring (bicyclic) bond motifs is 3. The number of hydrogen-bond acceptors (Lipinski definition) is 3. The summed E-state index contributed by atoms with van der Waals surface area (Å²) in [6.45, 7) is 9.03. The average Bonchev–Trinajstić information content (AvgIpc) is 3.26. The molecule has 1 heterocycles. The number of hydrogen-bond donors (Lipinski definition) is 2. The Hall–Kier alpha value is -2.87. The van der Waals surface area contributed by atoms with Crippen molar-refractivity contribution in [2.75, 3.05) is 13.1 Å². The molecule has 4 rings (SSSR count). The number of benzene rings is 2. The second-order valence-electron chi connectivity index (χ2n) is 9.58. The predicted molar refractivity (Wildman–Crippen MR) is 118 cm³/mol. The van der Waals surface area contributed by atoms with Crippen molar-refractivity contribution in [3.63, 3.8) is 0 Å². The lowest BCUT2D eigenvalue weighted by Gasteiger charge is -2.26. The maximum absolute atomic E-state index is 12.7. The Bertz CT molecular complexity index is 986. The van der Waals surface area contributed by atoms with Crippen LogP contribution < -0.4 is 5.32 Å². The lowest BCUT2D eigenvalue weighted by atomic mass is 9.91. The molecular formula is C25H29F3N2O3. The van der Waals surface area contributed by atoms with Gasteiger partial charge in [-0.3, -0.25) is 9.69 Å². The SMILES string of the molecule is CC(C)(C)C(=O)N[C@@H]1c2ccccc2[C@@H]2CN(Cc3ccccc3)C[C@H]12.O=C(O)C(F)(F)F. The van der Waals surface area contributed by atoms with Gasteiger partial charge in [0.25, 0.3) is 0 Å². The van der Waals surface area contributed by atoms with Crippen molar-refractivity contribution in [1.29, 1.82) is 0 Å². The van der Waals surface area contributed by atoms with Crippen molar-refractivity contribution >= 4 is 11.9 Å². The minimum atomic E-state index is -5.08. The van der Waals surface area contributed by atoms with Crippen LogP contribution in [-0.2, 0) is 16.1 Å². The summed E-state index contributed by atoms with van der Waals surface area (Å²) in [7, 11) is 0. The van der Waals surface area contributed by atoms with Gasteiger partial charge in [0.05, 0.1) is 6.04 Å². The van der Waals surface area contributed by atoms with Crippen molar-refractivity contribution in [2.45, 2.75) is 45.5 Å². The van der Waals surface area contributed by atoms with Gasteiger partial charge in [-0.15, -0.1) is 0 Å². The van der Waals surface area contributed by atoms with Gasteiger partial charge in [-0.25, -0.2) is 4.79 Å². The van der Waals surface area contributed by atoms with Crippen LogP contribution in [-0.4, -0.2) is 41.1 Å². The number of aliphatic carboxylic acids is 1. The fourth-order valence-corrected chi connectivity index (χ4v) is 4.46. The van der Waals surface area contributed by atoms with Gasteiger partial charge >= 0.3 is 12.1 Å². The van der Waals surface area contributed by atoms with Gasteiger partial charge in [-0.1, -0.05) is 75.4 Å². The fourth-order valence-electron chi connectivity index (χ4n) is 4.46. The first kappa shape index (κ1) is 24.8. The molecule has 0 aromatic heterocycles. The van der Waals surface area contributed by atoms with Crippen molar-refractivity contribution in [3.05, 3.63) is 71.3 Å². The molecular weight excluding hydrogens is 433 g/mol. The maximum atomic E-state index is 12.7. The number of nitrogens with one attached hydrogen (secondary N) is 1. The van der Waals surface area contributed by atoms with Gasteiger partial charge in [0, 0.05) is 36.9 Å². The normalized spacial score (nSPS) is 22.1. The molecule has 3 atom stereocenters. The number of halogens is 3. The number of alkyl halides is 3. The highest BCUT2D eigenvalue weighted by Gasteiger charge is 2.47. The van der Waals surface area contributed by atoms with Crippen LogP contribution in [0.1, 0.15) is 49.4 Å². The molecule has 0 radical (unpaired) electrons. The average molecular weight is 463 g/mol. The van der Waals surface area contributed by atoms with Gasteiger partial charge in [0.15, 0.2) is 0 Å². The number of carbonyl (C=O) groups excluding carboxylic acids is 1. The summed E-state index contributed by atoms with van der Waals surface area (Å²) in [5.74, 6) is -1.64. The summed E-state index contributed by atoms with van der Waals surface area (Å²) in [5.41, 5.74) is 3.73. The van der Waals surface area contributed by atoms with Gasteiger partial charge in [-0.05, 0) is 16.7 Å². The third-order valence-electron chi connectivity index (χ3n) is 6.06. The van der Waals surface area contributed by atoms with Crippen LogP contribution in [0.5, 0.6) is 0 Å². The van der Waals surface area contributed by atoms with E-state index in [1.54, 1.807) is 0 Å². The van der Waals surface area contributed by atoms with E-state index in [2.05, 4.69) is 64.8 Å². The Balaban J connectivity index is 0.000000383. The second kappa shape index (κ2) is 9.55. The third kappa shape index (κ3) is 5.93. The van der Waals surface area contributed by atoms with Crippen molar-refractivity contribution in [3.8, 4) is 0 Å². The van der Waals surface area contributed by atoms with Crippen LogP contribution in [0, 0.1) is 11.3 Å². The van der Waals surface area contributed by atoms with Crippen molar-refractivity contribution in [2.24, 2.45) is 11.3 Å². The molecule has 1 saturated heterocycles. The lowest BCUT2D eigenvalue weighted by Crippen LogP contribution is -2.40. The molecule has 33 heavy (non-hydrogen) atoms. The van der Waals surface area contributed by atoms with Gasteiger partial charge in [0.2, 0.25) is 5.91 Å². The topological polar surface area (TPSA) is 69.6 Å². The van der Waals surface area contributed by atoms with Crippen LogP contribution in [0.25, 0.3) is 0 Å². The molecule has 2 aromatic carbocycles. The zero-order chi connectivity index (χ0) is 24.4. The van der Waals surface area contributed by atoms with Crippen LogP contribution in [0.4, 0.5) is 13.2 Å². The number of carboxylic acids is 1. The molecule has 2 N–H and O–H groups in total. The number of likely N-dealkylation sites (tertiary alicyclic amines) is 1. The van der Waals surface area contributed by atoms with Gasteiger partial charge in [-0.2, -0.15) is 13.2 Å². The largest absolute Gasteiger partial charge is 0.490 e. The highest BCUT2D eigenvalue weighted by Crippen LogP contribution is 2.49. The quantitative estimate of drug-likeness (QED) is 0.691. The summed E-state index contributed by atoms with van der Waals surface area (Å²) >= 11 is 0. The number of carbonyl (C=O) groups is 2. The van der Waals surface area contributed by atoms with Crippen molar-refractivity contribution < 1.29 is 27.9 Å². The second-order valence-corrected chi connectivity index (χ2v) is 9.58. The molecule has 5 nitrogen and oxygen atoms in total. The summed E-state index contributed by atoms with van der Waals surface area (Å²) in [4.78, 5) is 24.1. The molecule has 0 saturated carbocycles. The van der Waals surface area contributed by atoms with Crippen LogP contribution >= 0.6 is 0 Å². The molecule has 1 fully saturated rings. The number of amides is 1. The van der Waals surface area contributed by atoms with Gasteiger partial charge in [0.1, 0.15) is 0 Å². The molecule has 0 unspecified atom stereocenters. The Labute approximate surface area is 191 Å². The highest BCUT2D eigenvalue weighted by molar-refractivity contribution is 5.82. The monoisotopic (exact) mass is 462 g/mol. The van der Waals surface area contributed by atoms with Crippen molar-refractivity contribution in [1.82, 2.24) is 10.2 Å². The Morgan fingerprint density at radius 1 is 0.970 bits per heavy atom. The Kier molecular flexibility index (Phi) is 7.17. The molecule has 1 amide bonds. The highest BCUT2D eigenvalue weighted by atomic mass is 19.4. The minimum absolute atomic E-state index is 0.128. The minimum Gasteiger partial charge on any atom is -0.475 e. The van der Waals surface area contributed by atoms with E-state index in [0.29, 0.717) is 11.8 Å². The summed E-state index contributed by atoms with van der Waals surface area (Å²) in [5, 5.41) is 10.5. The lowest BCUT2D eigenvalue weighted by molar-refractivity contribution is -0.192.